The van der Waals surface area contributed by atoms with Crippen molar-refractivity contribution in [3.63, 3.8) is 0 Å². The number of hydrogen-bond acceptors (Lipinski definition) is 2. The first kappa shape index (κ1) is 30.4. The second-order valence-corrected chi connectivity index (χ2v) is 7.92. The van der Waals surface area contributed by atoms with Crippen molar-refractivity contribution in [1.29, 1.82) is 0 Å². The first-order chi connectivity index (χ1) is 15.8. The highest BCUT2D eigenvalue weighted by Gasteiger charge is 2.06. The van der Waals surface area contributed by atoms with Crippen LogP contribution in [0, 0.1) is 6.92 Å². The number of hydrogen-bond donors (Lipinski definition) is 0. The minimum absolute atomic E-state index is 0.135. The summed E-state index contributed by atoms with van der Waals surface area (Å²) in [4.78, 5) is 14.3. The number of carbonyl (C=O) groups excluding carboxylic acids is 1. The summed E-state index contributed by atoms with van der Waals surface area (Å²) in [6.45, 7) is 20.7. The van der Waals surface area contributed by atoms with Crippen molar-refractivity contribution in [1.82, 2.24) is 4.90 Å². The number of nitrogens with zero attached hydrogens (tertiary/aromatic N) is 1. The molecule has 0 aromatic heterocycles. The summed E-state index contributed by atoms with van der Waals surface area (Å²) in [5, 5.41) is 0.691. The van der Waals surface area contributed by atoms with Crippen LogP contribution in [0.4, 0.5) is 0 Å². The predicted octanol–water partition coefficient (Wildman–Crippen LogP) is 8.85. The Morgan fingerprint density at radius 3 is 2.15 bits per heavy atom. The summed E-state index contributed by atoms with van der Waals surface area (Å²) in [5.74, 6) is 0.135. The minimum atomic E-state index is 0.135. The van der Waals surface area contributed by atoms with E-state index in [2.05, 4.69) is 57.4 Å². The van der Waals surface area contributed by atoms with Gasteiger partial charge < -0.3 is 4.90 Å². The fourth-order valence-electron chi connectivity index (χ4n) is 2.88. The van der Waals surface area contributed by atoms with Crippen molar-refractivity contribution < 1.29 is 4.79 Å². The normalized spacial score (nSPS) is 10.6. The molecule has 0 fully saturated rings. The van der Waals surface area contributed by atoms with Gasteiger partial charge in [-0.25, -0.2) is 0 Å². The molecular formula is C30H42ClNO. The van der Waals surface area contributed by atoms with Crippen LogP contribution in [0.3, 0.4) is 0 Å². The van der Waals surface area contributed by atoms with E-state index in [0.717, 1.165) is 41.9 Å². The van der Waals surface area contributed by atoms with Crippen LogP contribution in [0.15, 0.2) is 84.6 Å². The number of carbonyl (C=O) groups is 1. The van der Waals surface area contributed by atoms with Crippen molar-refractivity contribution in [2.24, 2.45) is 0 Å². The van der Waals surface area contributed by atoms with Crippen LogP contribution in [0.1, 0.15) is 69.4 Å². The number of allylic oxidation sites excluding steroid dienone is 4. The number of aryl methyl sites for hydroxylation is 1. The van der Waals surface area contributed by atoms with Gasteiger partial charge in [0.25, 0.3) is 0 Å². The van der Waals surface area contributed by atoms with Gasteiger partial charge in [0.15, 0.2) is 5.78 Å². The molecule has 180 valence electrons. The first-order valence-electron chi connectivity index (χ1n) is 11.9. The lowest BCUT2D eigenvalue weighted by Gasteiger charge is -2.20. The molecule has 0 N–H and O–H groups in total. The lowest BCUT2D eigenvalue weighted by atomic mass is 10.0. The smallest absolute Gasteiger partial charge is 0.167 e. The maximum absolute atomic E-state index is 12.0. The maximum atomic E-state index is 12.0. The quantitative estimate of drug-likeness (QED) is 0.271. The summed E-state index contributed by atoms with van der Waals surface area (Å²) < 4.78 is 0. The summed E-state index contributed by atoms with van der Waals surface area (Å²) in [5.41, 5.74) is 5.34. The number of likely N-dealkylation sites (N-methyl/N-ethyl adjacent to an activating group) is 1. The van der Waals surface area contributed by atoms with E-state index in [4.69, 9.17) is 11.6 Å². The molecule has 0 aliphatic rings. The molecule has 2 aromatic carbocycles. The van der Waals surface area contributed by atoms with Gasteiger partial charge in [0.1, 0.15) is 0 Å². The van der Waals surface area contributed by atoms with Crippen molar-refractivity contribution in [3.8, 4) is 0 Å². The second kappa shape index (κ2) is 17.9. The zero-order valence-corrected chi connectivity index (χ0v) is 22.4. The molecule has 0 heterocycles. The molecule has 0 aliphatic heterocycles. The predicted molar refractivity (Wildman–Crippen MR) is 147 cm³/mol. The molecule has 0 saturated heterocycles. The topological polar surface area (TPSA) is 20.3 Å². The largest absolute Gasteiger partial charge is 0.373 e. The fraction of sp³-hybridized carbons (Fsp3) is 0.367. The van der Waals surface area contributed by atoms with Gasteiger partial charge in [0.05, 0.1) is 0 Å². The Hall–Kier alpha value is -2.58. The first-order valence-corrected chi connectivity index (χ1v) is 12.3. The summed E-state index contributed by atoms with van der Waals surface area (Å²) in [6.07, 6.45) is 7.84. The Labute approximate surface area is 207 Å². The van der Waals surface area contributed by atoms with Crippen molar-refractivity contribution >= 4 is 17.4 Å². The van der Waals surface area contributed by atoms with Gasteiger partial charge in [-0.3, -0.25) is 4.79 Å². The number of halogens is 1. The Kier molecular flexibility index (Phi) is 16.5. The molecular weight excluding hydrogens is 426 g/mol. The Morgan fingerprint density at radius 1 is 1.03 bits per heavy atom. The Balaban J connectivity index is 0.000000589. The number of benzene rings is 2. The molecule has 33 heavy (non-hydrogen) atoms. The standard InChI is InChI=1S/C15H13ClO.C13H23N.C2H6/c1-11-3-2-4-13(9-11)15(17)10-12-5-7-14(16)8-6-12;1-6-12(4)10-9-11-13(5)14(7-2)8-3;1-2/h2-9H,10H2,1H3;9-11H,5-8H2,1-4H3;1-2H3/b;11-9-,12-10+;. The molecule has 2 rings (SSSR count). The average molecular weight is 468 g/mol. The van der Waals surface area contributed by atoms with Crippen LogP contribution >= 0.6 is 11.6 Å². The number of Topliss-reactive ketones (excluding diaryl/α,β-unsaturated/α-hetero) is 1. The van der Waals surface area contributed by atoms with Crippen molar-refractivity contribution in [2.75, 3.05) is 13.1 Å². The minimum Gasteiger partial charge on any atom is -0.373 e. The van der Waals surface area contributed by atoms with E-state index in [-0.39, 0.29) is 5.78 Å². The van der Waals surface area contributed by atoms with Gasteiger partial charge in [-0.2, -0.15) is 0 Å². The fourth-order valence-corrected chi connectivity index (χ4v) is 3.01. The van der Waals surface area contributed by atoms with Gasteiger partial charge in [-0.05, 0) is 64.0 Å². The summed E-state index contributed by atoms with van der Waals surface area (Å²) >= 11 is 5.80. The molecule has 3 heteroatoms. The van der Waals surface area contributed by atoms with Crippen LogP contribution in [0.25, 0.3) is 0 Å². The molecule has 2 aromatic rings. The van der Waals surface area contributed by atoms with Gasteiger partial charge in [0.2, 0.25) is 0 Å². The van der Waals surface area contributed by atoms with Crippen LogP contribution < -0.4 is 0 Å². The van der Waals surface area contributed by atoms with E-state index in [1.165, 1.54) is 5.57 Å². The Bertz CT molecular complexity index is 890. The zero-order valence-electron chi connectivity index (χ0n) is 21.6. The lowest BCUT2D eigenvalue weighted by Crippen LogP contribution is -2.20. The van der Waals surface area contributed by atoms with Gasteiger partial charge in [0, 0.05) is 35.8 Å². The molecule has 0 unspecified atom stereocenters. The van der Waals surface area contributed by atoms with Crippen LogP contribution in [0.5, 0.6) is 0 Å². The third-order valence-electron chi connectivity index (χ3n) is 5.01. The molecule has 0 bridgehead atoms. The SMILES string of the molecule is C=C(/C=C\C=C(/C)CC)N(CC)CC.CC.Cc1cccc(C(=O)Cc2ccc(Cl)cc2)c1. The van der Waals surface area contributed by atoms with Gasteiger partial charge in [-0.15, -0.1) is 0 Å². The van der Waals surface area contributed by atoms with Crippen LogP contribution in [0.2, 0.25) is 5.02 Å². The van der Waals surface area contributed by atoms with Crippen LogP contribution in [-0.2, 0) is 6.42 Å². The third kappa shape index (κ3) is 12.9. The molecule has 2 nitrogen and oxygen atoms in total. The molecule has 0 radical (unpaired) electrons. The van der Waals surface area contributed by atoms with Crippen LogP contribution in [-0.4, -0.2) is 23.8 Å². The van der Waals surface area contributed by atoms with E-state index in [9.17, 15) is 4.79 Å². The highest BCUT2D eigenvalue weighted by atomic mass is 35.5. The molecule has 0 amide bonds. The third-order valence-corrected chi connectivity index (χ3v) is 5.27. The van der Waals surface area contributed by atoms with Gasteiger partial charge >= 0.3 is 0 Å². The maximum Gasteiger partial charge on any atom is 0.167 e. The van der Waals surface area contributed by atoms with E-state index in [0.29, 0.717) is 11.4 Å². The monoisotopic (exact) mass is 467 g/mol. The molecule has 0 spiro atoms. The number of ketones is 1. The Morgan fingerprint density at radius 2 is 1.64 bits per heavy atom. The number of rotatable bonds is 9. The van der Waals surface area contributed by atoms with E-state index in [1.54, 1.807) is 12.1 Å². The molecule has 0 atom stereocenters. The van der Waals surface area contributed by atoms with Crippen molar-refractivity contribution in [2.45, 2.75) is 61.3 Å². The lowest BCUT2D eigenvalue weighted by molar-refractivity contribution is 0.0993. The highest BCUT2D eigenvalue weighted by Crippen LogP contribution is 2.13. The average Bonchev–Trinajstić information content (AvgIpc) is 2.83. The van der Waals surface area contributed by atoms with Crippen molar-refractivity contribution in [3.05, 3.63) is 106 Å². The highest BCUT2D eigenvalue weighted by molar-refractivity contribution is 6.30. The summed E-state index contributed by atoms with van der Waals surface area (Å²) in [7, 11) is 0. The second-order valence-electron chi connectivity index (χ2n) is 7.49. The summed E-state index contributed by atoms with van der Waals surface area (Å²) in [6, 6.07) is 15.0. The van der Waals surface area contributed by atoms with E-state index in [1.807, 2.05) is 57.2 Å². The molecule has 0 aliphatic carbocycles. The van der Waals surface area contributed by atoms with E-state index >= 15 is 0 Å². The zero-order chi connectivity index (χ0) is 25.2. The van der Waals surface area contributed by atoms with Gasteiger partial charge in [-0.1, -0.05) is 92.6 Å². The van der Waals surface area contributed by atoms with E-state index < -0.39 is 0 Å². The molecule has 0 saturated carbocycles.